The maximum Gasteiger partial charge on any atom is 0.139 e. The van der Waals surface area contributed by atoms with Crippen LogP contribution in [0.2, 0.25) is 10.0 Å². The van der Waals surface area contributed by atoms with Gasteiger partial charge in [-0.25, -0.2) is 0 Å². The normalized spacial score (nSPS) is 10.4. The van der Waals surface area contributed by atoms with Crippen molar-refractivity contribution in [2.75, 3.05) is 11.1 Å². The highest BCUT2D eigenvalue weighted by Crippen LogP contribution is 2.33. The molecule has 2 aromatic rings. The van der Waals surface area contributed by atoms with Gasteiger partial charge in [0.1, 0.15) is 5.75 Å². The van der Waals surface area contributed by atoms with Gasteiger partial charge in [-0.3, -0.25) is 0 Å². The number of nitrogens with one attached hydrogen (secondary N) is 1. The molecule has 110 valence electrons. The number of halogens is 2. The molecule has 21 heavy (non-hydrogen) atoms. The summed E-state index contributed by atoms with van der Waals surface area (Å²) in [4.78, 5) is 1.13. The number of para-hydroxylation sites is 1. The van der Waals surface area contributed by atoms with Crippen molar-refractivity contribution in [2.45, 2.75) is 11.4 Å². The molecule has 5 heteroatoms. The molecule has 2 N–H and O–H groups in total. The zero-order chi connectivity index (χ0) is 15.2. The number of phenolic OH excluding ortho intramolecular Hbond substituents is 1. The van der Waals surface area contributed by atoms with E-state index in [9.17, 15) is 5.11 Å². The molecule has 0 saturated carbocycles. The minimum atomic E-state index is 0.0600. The second-order valence-corrected chi connectivity index (χ2v) is 6.25. The number of aromatic hydroxyl groups is 1. The lowest BCUT2D eigenvalue weighted by atomic mass is 10.2. The summed E-state index contributed by atoms with van der Waals surface area (Å²) < 4.78 is 0. The quantitative estimate of drug-likeness (QED) is 0.531. The summed E-state index contributed by atoms with van der Waals surface area (Å²) in [5, 5.41) is 14.0. The van der Waals surface area contributed by atoms with Gasteiger partial charge in [0.25, 0.3) is 0 Å². The van der Waals surface area contributed by atoms with Crippen LogP contribution >= 0.6 is 35.0 Å². The summed E-state index contributed by atoms with van der Waals surface area (Å²) in [5.41, 5.74) is 1.66. The molecule has 0 aliphatic heterocycles. The van der Waals surface area contributed by atoms with Crippen LogP contribution in [0.4, 0.5) is 5.69 Å². The van der Waals surface area contributed by atoms with Crippen LogP contribution in [-0.4, -0.2) is 10.9 Å². The van der Waals surface area contributed by atoms with Crippen LogP contribution in [0.25, 0.3) is 0 Å². The lowest BCUT2D eigenvalue weighted by Gasteiger charge is -2.13. The Balaban J connectivity index is 2.15. The second-order valence-electron chi connectivity index (χ2n) is 4.34. The van der Waals surface area contributed by atoms with Crippen LogP contribution in [-0.2, 0) is 6.54 Å². The molecule has 0 amide bonds. The highest BCUT2D eigenvalue weighted by molar-refractivity contribution is 7.99. The molecule has 0 spiro atoms. The number of benzene rings is 2. The van der Waals surface area contributed by atoms with E-state index in [2.05, 4.69) is 11.9 Å². The van der Waals surface area contributed by atoms with E-state index in [1.807, 2.05) is 30.3 Å². The number of hydrogen-bond donors (Lipinski definition) is 2. The SMILES string of the molecule is C=CCSc1ccccc1NCc1cc(Cl)cc(Cl)c1O. The lowest BCUT2D eigenvalue weighted by molar-refractivity contribution is 0.469. The maximum absolute atomic E-state index is 9.96. The molecule has 0 heterocycles. The zero-order valence-corrected chi connectivity index (χ0v) is 13.6. The Morgan fingerprint density at radius 3 is 2.76 bits per heavy atom. The van der Waals surface area contributed by atoms with Gasteiger partial charge in [-0.05, 0) is 24.3 Å². The van der Waals surface area contributed by atoms with Gasteiger partial charge in [0.2, 0.25) is 0 Å². The van der Waals surface area contributed by atoms with Crippen LogP contribution in [0.3, 0.4) is 0 Å². The maximum atomic E-state index is 9.96. The topological polar surface area (TPSA) is 32.3 Å². The molecule has 0 saturated heterocycles. The van der Waals surface area contributed by atoms with E-state index >= 15 is 0 Å². The van der Waals surface area contributed by atoms with Crippen molar-refractivity contribution in [1.82, 2.24) is 0 Å². The number of hydrogen-bond acceptors (Lipinski definition) is 3. The van der Waals surface area contributed by atoms with Crippen molar-refractivity contribution in [3.63, 3.8) is 0 Å². The highest BCUT2D eigenvalue weighted by Gasteiger charge is 2.09. The Morgan fingerprint density at radius 2 is 2.00 bits per heavy atom. The van der Waals surface area contributed by atoms with Gasteiger partial charge in [-0.15, -0.1) is 18.3 Å². The van der Waals surface area contributed by atoms with Crippen molar-refractivity contribution in [1.29, 1.82) is 0 Å². The first-order valence-corrected chi connectivity index (χ1v) is 8.09. The summed E-state index contributed by atoms with van der Waals surface area (Å²) >= 11 is 13.6. The molecule has 0 aromatic heterocycles. The largest absolute Gasteiger partial charge is 0.506 e. The van der Waals surface area contributed by atoms with Crippen molar-refractivity contribution in [3.05, 3.63) is 64.7 Å². The molecule has 2 rings (SSSR count). The number of anilines is 1. The molecule has 0 bridgehead atoms. The predicted octanol–water partition coefficient (Wildman–Crippen LogP) is 5.59. The van der Waals surface area contributed by atoms with Gasteiger partial charge in [0.05, 0.1) is 5.02 Å². The Hall–Kier alpha value is -1.29. The third-order valence-corrected chi connectivity index (χ3v) is 4.40. The van der Waals surface area contributed by atoms with E-state index < -0.39 is 0 Å². The summed E-state index contributed by atoms with van der Waals surface area (Å²) in [7, 11) is 0. The molecule has 0 atom stereocenters. The van der Waals surface area contributed by atoms with Crippen molar-refractivity contribution in [3.8, 4) is 5.75 Å². The second kappa shape index (κ2) is 7.64. The standard InChI is InChI=1S/C16H15Cl2NOS/c1-2-7-21-15-6-4-3-5-14(15)19-10-11-8-12(17)9-13(18)16(11)20/h2-6,8-9,19-20H,1,7,10H2. The van der Waals surface area contributed by atoms with E-state index in [4.69, 9.17) is 23.2 Å². The summed E-state index contributed by atoms with van der Waals surface area (Å²) in [5.74, 6) is 0.900. The van der Waals surface area contributed by atoms with Crippen LogP contribution in [0.5, 0.6) is 5.75 Å². The zero-order valence-electron chi connectivity index (χ0n) is 11.3. The first-order chi connectivity index (χ1) is 10.1. The highest BCUT2D eigenvalue weighted by atomic mass is 35.5. The molecule has 0 fully saturated rings. The Bertz CT molecular complexity index is 646. The smallest absolute Gasteiger partial charge is 0.139 e. The van der Waals surface area contributed by atoms with Crippen LogP contribution in [0.1, 0.15) is 5.56 Å². The third-order valence-electron chi connectivity index (χ3n) is 2.82. The van der Waals surface area contributed by atoms with Crippen LogP contribution < -0.4 is 5.32 Å². The van der Waals surface area contributed by atoms with E-state index in [0.29, 0.717) is 17.1 Å². The molecule has 2 nitrogen and oxygen atoms in total. The number of thioether (sulfide) groups is 1. The molecular weight excluding hydrogens is 325 g/mol. The van der Waals surface area contributed by atoms with Gasteiger partial charge in [-0.1, -0.05) is 41.4 Å². The van der Waals surface area contributed by atoms with Crippen molar-refractivity contribution >= 4 is 40.7 Å². The first-order valence-electron chi connectivity index (χ1n) is 6.35. The predicted molar refractivity (Wildman–Crippen MR) is 92.8 cm³/mol. The Kier molecular flexibility index (Phi) is 5.85. The van der Waals surface area contributed by atoms with E-state index in [1.54, 1.807) is 17.8 Å². The average Bonchev–Trinajstić information content (AvgIpc) is 2.48. The van der Waals surface area contributed by atoms with E-state index in [1.165, 1.54) is 6.07 Å². The molecule has 0 radical (unpaired) electrons. The fourth-order valence-corrected chi connectivity index (χ4v) is 3.14. The van der Waals surface area contributed by atoms with Crippen LogP contribution in [0, 0.1) is 0 Å². The fourth-order valence-electron chi connectivity index (χ4n) is 1.83. The molecule has 0 aliphatic rings. The van der Waals surface area contributed by atoms with Gasteiger partial charge in [-0.2, -0.15) is 0 Å². The number of rotatable bonds is 6. The molecule has 0 aliphatic carbocycles. The van der Waals surface area contributed by atoms with Crippen LogP contribution in [0.15, 0.2) is 53.9 Å². The average molecular weight is 340 g/mol. The monoisotopic (exact) mass is 339 g/mol. The Labute approximate surface area is 138 Å². The lowest BCUT2D eigenvalue weighted by Crippen LogP contribution is -2.01. The van der Waals surface area contributed by atoms with Gasteiger partial charge >= 0.3 is 0 Å². The minimum Gasteiger partial charge on any atom is -0.506 e. The fraction of sp³-hybridized carbons (Fsp3) is 0.125. The van der Waals surface area contributed by atoms with E-state index in [0.717, 1.165) is 16.3 Å². The van der Waals surface area contributed by atoms with Gasteiger partial charge in [0, 0.05) is 33.5 Å². The van der Waals surface area contributed by atoms with Crippen molar-refractivity contribution < 1.29 is 5.11 Å². The molecule has 0 unspecified atom stereocenters. The molecule has 2 aromatic carbocycles. The first kappa shape index (κ1) is 16.1. The Morgan fingerprint density at radius 1 is 1.24 bits per heavy atom. The van der Waals surface area contributed by atoms with E-state index in [-0.39, 0.29) is 10.8 Å². The summed E-state index contributed by atoms with van der Waals surface area (Å²) in [6.07, 6.45) is 1.87. The molecular formula is C16H15Cl2NOS. The van der Waals surface area contributed by atoms with Gasteiger partial charge in [0.15, 0.2) is 0 Å². The van der Waals surface area contributed by atoms with Crippen molar-refractivity contribution in [2.24, 2.45) is 0 Å². The third kappa shape index (κ3) is 4.34. The van der Waals surface area contributed by atoms with Gasteiger partial charge < -0.3 is 10.4 Å². The number of phenols is 1. The summed E-state index contributed by atoms with van der Waals surface area (Å²) in [6.45, 7) is 4.17. The minimum absolute atomic E-state index is 0.0600. The summed E-state index contributed by atoms with van der Waals surface area (Å²) in [6, 6.07) is 11.2.